The van der Waals surface area contributed by atoms with Gasteiger partial charge in [-0.1, -0.05) is 34.1 Å². The minimum atomic E-state index is -4.35. The quantitative estimate of drug-likeness (QED) is 0.733. The van der Waals surface area contributed by atoms with E-state index in [9.17, 15) is 18.3 Å². The van der Waals surface area contributed by atoms with Gasteiger partial charge in [-0.05, 0) is 35.9 Å². The van der Waals surface area contributed by atoms with Crippen LogP contribution in [0.5, 0.6) is 5.75 Å². The van der Waals surface area contributed by atoms with Crippen LogP contribution in [0.15, 0.2) is 53.0 Å². The smallest absolute Gasteiger partial charge is 0.416 e. The molecule has 130 valence electrons. The third-order valence-electron chi connectivity index (χ3n) is 3.22. The molecule has 7 heteroatoms. The van der Waals surface area contributed by atoms with Gasteiger partial charge in [0, 0.05) is 17.6 Å². The molecule has 0 heterocycles. The fraction of sp³-hybridized carbons (Fsp3) is 0.294. The average Bonchev–Trinajstić information content (AvgIpc) is 2.54. The van der Waals surface area contributed by atoms with Gasteiger partial charge in [-0.2, -0.15) is 13.2 Å². The molecule has 2 aromatic carbocycles. The molecule has 1 atom stereocenters. The molecule has 24 heavy (non-hydrogen) atoms. The topological polar surface area (TPSA) is 41.5 Å². The molecule has 0 saturated carbocycles. The van der Waals surface area contributed by atoms with E-state index in [0.29, 0.717) is 11.3 Å². The zero-order chi connectivity index (χ0) is 17.6. The predicted molar refractivity (Wildman–Crippen MR) is 88.8 cm³/mol. The molecule has 0 bridgehead atoms. The summed E-state index contributed by atoms with van der Waals surface area (Å²) >= 11 is 3.31. The van der Waals surface area contributed by atoms with E-state index in [4.69, 9.17) is 4.74 Å². The highest BCUT2D eigenvalue weighted by atomic mass is 79.9. The molecule has 0 spiro atoms. The largest absolute Gasteiger partial charge is 0.491 e. The maximum absolute atomic E-state index is 12.6. The highest BCUT2D eigenvalue weighted by Crippen LogP contribution is 2.29. The lowest BCUT2D eigenvalue weighted by Crippen LogP contribution is -2.31. The van der Waals surface area contributed by atoms with Gasteiger partial charge in [-0.15, -0.1) is 0 Å². The van der Waals surface area contributed by atoms with Crippen LogP contribution in [-0.4, -0.2) is 24.4 Å². The van der Waals surface area contributed by atoms with Crippen molar-refractivity contribution in [2.24, 2.45) is 0 Å². The second kappa shape index (κ2) is 8.50. The Morgan fingerprint density at radius 1 is 1.12 bits per heavy atom. The summed E-state index contributed by atoms with van der Waals surface area (Å²) in [5.41, 5.74) is -0.174. The summed E-state index contributed by atoms with van der Waals surface area (Å²) < 4.78 is 44.2. The third-order valence-corrected chi connectivity index (χ3v) is 3.75. The van der Waals surface area contributed by atoms with Gasteiger partial charge in [0.15, 0.2) is 0 Å². The Bertz CT molecular complexity index is 647. The van der Waals surface area contributed by atoms with E-state index >= 15 is 0 Å². The summed E-state index contributed by atoms with van der Waals surface area (Å²) in [7, 11) is 0. The Labute approximate surface area is 146 Å². The van der Waals surface area contributed by atoms with Crippen LogP contribution in [0.2, 0.25) is 0 Å². The van der Waals surface area contributed by atoms with E-state index in [0.717, 1.165) is 16.6 Å². The summed E-state index contributed by atoms with van der Waals surface area (Å²) in [6.45, 7) is 0.545. The van der Waals surface area contributed by atoms with Crippen molar-refractivity contribution in [3.05, 3.63) is 64.1 Å². The maximum Gasteiger partial charge on any atom is 0.416 e. The number of alkyl halides is 3. The van der Waals surface area contributed by atoms with Crippen LogP contribution >= 0.6 is 15.9 Å². The van der Waals surface area contributed by atoms with Gasteiger partial charge < -0.3 is 15.2 Å². The van der Waals surface area contributed by atoms with Crippen molar-refractivity contribution in [2.45, 2.75) is 18.8 Å². The SMILES string of the molecule is OC(CNCc1cccc(C(F)(F)F)c1)COc1ccc(Br)cc1. The fourth-order valence-electron chi connectivity index (χ4n) is 2.02. The second-order valence-electron chi connectivity index (χ2n) is 5.25. The molecular formula is C17H17BrF3NO2. The first-order chi connectivity index (χ1) is 11.3. The summed E-state index contributed by atoms with van der Waals surface area (Å²) in [5, 5.41) is 12.8. The van der Waals surface area contributed by atoms with Crippen molar-refractivity contribution in [3.8, 4) is 5.75 Å². The molecular weight excluding hydrogens is 387 g/mol. The number of aliphatic hydroxyl groups is 1. The molecule has 2 N–H and O–H groups in total. The molecule has 1 unspecified atom stereocenters. The van der Waals surface area contributed by atoms with Gasteiger partial charge in [0.25, 0.3) is 0 Å². The number of benzene rings is 2. The van der Waals surface area contributed by atoms with E-state index in [2.05, 4.69) is 21.2 Å². The van der Waals surface area contributed by atoms with E-state index in [-0.39, 0.29) is 19.7 Å². The number of hydrogen-bond donors (Lipinski definition) is 2. The van der Waals surface area contributed by atoms with Crippen LogP contribution in [0.3, 0.4) is 0 Å². The van der Waals surface area contributed by atoms with Crippen LogP contribution in [0.4, 0.5) is 13.2 Å². The Hall–Kier alpha value is -1.57. The van der Waals surface area contributed by atoms with Crippen LogP contribution < -0.4 is 10.1 Å². The zero-order valence-electron chi connectivity index (χ0n) is 12.7. The van der Waals surface area contributed by atoms with Gasteiger partial charge >= 0.3 is 6.18 Å². The van der Waals surface area contributed by atoms with Crippen molar-refractivity contribution < 1.29 is 23.0 Å². The van der Waals surface area contributed by atoms with Gasteiger partial charge in [0.05, 0.1) is 5.56 Å². The molecule has 0 aliphatic heterocycles. The molecule has 0 aliphatic rings. The first kappa shape index (κ1) is 18.8. The lowest BCUT2D eigenvalue weighted by Gasteiger charge is -2.14. The van der Waals surface area contributed by atoms with Crippen LogP contribution in [-0.2, 0) is 12.7 Å². The number of hydrogen-bond acceptors (Lipinski definition) is 3. The summed E-state index contributed by atoms with van der Waals surface area (Å²) in [5.74, 6) is 0.634. The van der Waals surface area contributed by atoms with E-state index in [1.54, 1.807) is 18.2 Å². The van der Waals surface area contributed by atoms with Crippen molar-refractivity contribution in [3.63, 3.8) is 0 Å². The van der Waals surface area contributed by atoms with E-state index < -0.39 is 17.8 Å². The number of nitrogens with one attached hydrogen (secondary N) is 1. The standard InChI is InChI=1S/C17H17BrF3NO2/c18-14-4-6-16(7-5-14)24-11-15(23)10-22-9-12-2-1-3-13(8-12)17(19,20)21/h1-8,15,22-23H,9-11H2. The minimum Gasteiger partial charge on any atom is -0.491 e. The number of ether oxygens (including phenoxy) is 1. The maximum atomic E-state index is 12.6. The molecule has 0 radical (unpaired) electrons. The second-order valence-corrected chi connectivity index (χ2v) is 6.16. The molecule has 0 aliphatic carbocycles. The lowest BCUT2D eigenvalue weighted by atomic mass is 10.1. The molecule has 0 aromatic heterocycles. The molecule has 3 nitrogen and oxygen atoms in total. The zero-order valence-corrected chi connectivity index (χ0v) is 14.3. The van der Waals surface area contributed by atoms with E-state index in [1.165, 1.54) is 6.07 Å². The third kappa shape index (κ3) is 6.14. The average molecular weight is 404 g/mol. The normalized spacial score (nSPS) is 12.9. The van der Waals surface area contributed by atoms with Crippen molar-refractivity contribution in [1.82, 2.24) is 5.32 Å². The molecule has 0 saturated heterocycles. The highest BCUT2D eigenvalue weighted by Gasteiger charge is 2.30. The molecule has 0 amide bonds. The van der Waals surface area contributed by atoms with Gasteiger partial charge in [0.2, 0.25) is 0 Å². The Morgan fingerprint density at radius 2 is 1.83 bits per heavy atom. The first-order valence-corrected chi connectivity index (χ1v) is 8.07. The van der Waals surface area contributed by atoms with Gasteiger partial charge in [-0.3, -0.25) is 0 Å². The molecule has 0 fully saturated rings. The number of halogens is 4. The van der Waals surface area contributed by atoms with Crippen LogP contribution in [0, 0.1) is 0 Å². The number of aliphatic hydroxyl groups excluding tert-OH is 1. The Kier molecular flexibility index (Phi) is 6.65. The summed E-state index contributed by atoms with van der Waals surface area (Å²) in [4.78, 5) is 0. The Balaban J connectivity index is 1.74. The number of rotatable bonds is 7. The fourth-order valence-corrected chi connectivity index (χ4v) is 2.29. The van der Waals surface area contributed by atoms with Crippen LogP contribution in [0.1, 0.15) is 11.1 Å². The first-order valence-electron chi connectivity index (χ1n) is 7.28. The minimum absolute atomic E-state index is 0.0945. The molecule has 2 aromatic rings. The molecule has 2 rings (SSSR count). The van der Waals surface area contributed by atoms with Gasteiger partial charge in [0.1, 0.15) is 18.5 Å². The summed E-state index contributed by atoms with van der Waals surface area (Å²) in [6, 6.07) is 12.3. The van der Waals surface area contributed by atoms with Crippen molar-refractivity contribution in [2.75, 3.05) is 13.2 Å². The lowest BCUT2D eigenvalue weighted by molar-refractivity contribution is -0.137. The van der Waals surface area contributed by atoms with Crippen molar-refractivity contribution in [1.29, 1.82) is 0 Å². The Morgan fingerprint density at radius 3 is 2.50 bits per heavy atom. The van der Waals surface area contributed by atoms with Crippen LogP contribution in [0.25, 0.3) is 0 Å². The predicted octanol–water partition coefficient (Wildman–Crippen LogP) is 4.00. The monoisotopic (exact) mass is 403 g/mol. The van der Waals surface area contributed by atoms with Gasteiger partial charge in [-0.25, -0.2) is 0 Å². The highest BCUT2D eigenvalue weighted by molar-refractivity contribution is 9.10. The van der Waals surface area contributed by atoms with Crippen molar-refractivity contribution >= 4 is 15.9 Å². The van der Waals surface area contributed by atoms with E-state index in [1.807, 2.05) is 12.1 Å². The summed E-state index contributed by atoms with van der Waals surface area (Å²) in [6.07, 6.45) is -5.12.